The molecule has 0 aromatic heterocycles. The van der Waals surface area contributed by atoms with Crippen molar-refractivity contribution in [2.24, 2.45) is 0 Å². The van der Waals surface area contributed by atoms with Crippen molar-refractivity contribution in [2.75, 3.05) is 38.0 Å². The van der Waals surface area contributed by atoms with Gasteiger partial charge in [-0.25, -0.2) is 0 Å². The number of piperazine rings is 1. The van der Waals surface area contributed by atoms with Crippen LogP contribution in [0.15, 0.2) is 48.5 Å². The van der Waals surface area contributed by atoms with Crippen LogP contribution in [0.5, 0.6) is 5.75 Å². The number of carbonyl (C=O) groups excluding carboxylic acids is 2. The van der Waals surface area contributed by atoms with Crippen LogP contribution in [0.4, 0.5) is 5.69 Å². The van der Waals surface area contributed by atoms with E-state index >= 15 is 0 Å². The van der Waals surface area contributed by atoms with Crippen molar-refractivity contribution in [3.63, 3.8) is 0 Å². The van der Waals surface area contributed by atoms with E-state index in [1.807, 2.05) is 46.2 Å². The topological polar surface area (TPSA) is 61.9 Å². The van der Waals surface area contributed by atoms with Gasteiger partial charge in [-0.3, -0.25) is 14.5 Å². The minimum absolute atomic E-state index is 0.0244. The minimum Gasteiger partial charge on any atom is -0.480 e. The first-order valence-corrected chi connectivity index (χ1v) is 9.78. The molecular weight excluding hydrogens is 378 g/mol. The van der Waals surface area contributed by atoms with Crippen LogP contribution in [0.2, 0.25) is 5.02 Å². The Morgan fingerprint density at radius 1 is 1.04 bits per heavy atom. The van der Waals surface area contributed by atoms with E-state index in [0.717, 1.165) is 11.3 Å². The third-order valence-corrected chi connectivity index (χ3v) is 5.45. The number of rotatable bonds is 4. The van der Waals surface area contributed by atoms with E-state index in [0.29, 0.717) is 43.3 Å². The molecule has 1 unspecified atom stereocenters. The zero-order valence-electron chi connectivity index (χ0n) is 15.4. The van der Waals surface area contributed by atoms with Crippen molar-refractivity contribution >= 4 is 29.1 Å². The van der Waals surface area contributed by atoms with Crippen LogP contribution in [0.25, 0.3) is 0 Å². The molecule has 2 aromatic rings. The Balaban J connectivity index is 1.25. The van der Waals surface area contributed by atoms with E-state index < -0.39 is 6.10 Å². The van der Waals surface area contributed by atoms with Gasteiger partial charge in [0.1, 0.15) is 5.75 Å². The highest BCUT2D eigenvalue weighted by Crippen LogP contribution is 2.29. The number of carbonyl (C=O) groups is 2. The number of ether oxygens (including phenoxy) is 1. The second-order valence-electron chi connectivity index (χ2n) is 7.05. The molecule has 2 aliphatic heterocycles. The van der Waals surface area contributed by atoms with Gasteiger partial charge in [0, 0.05) is 32.6 Å². The van der Waals surface area contributed by atoms with Crippen LogP contribution in [0, 0.1) is 0 Å². The highest BCUT2D eigenvalue weighted by molar-refractivity contribution is 6.33. The Hall–Kier alpha value is -2.57. The number of hydrogen-bond donors (Lipinski definition) is 1. The average molecular weight is 400 g/mol. The Kier molecular flexibility index (Phi) is 5.50. The number of para-hydroxylation sites is 2. The van der Waals surface area contributed by atoms with Gasteiger partial charge >= 0.3 is 0 Å². The van der Waals surface area contributed by atoms with Crippen LogP contribution in [0.3, 0.4) is 0 Å². The molecule has 7 heteroatoms. The monoisotopic (exact) mass is 399 g/mol. The van der Waals surface area contributed by atoms with Crippen LogP contribution < -0.4 is 10.1 Å². The van der Waals surface area contributed by atoms with Crippen molar-refractivity contribution < 1.29 is 14.3 Å². The number of halogens is 1. The smallest absolute Gasteiger partial charge is 0.264 e. The average Bonchev–Trinajstić information content (AvgIpc) is 3.14. The number of benzene rings is 2. The zero-order chi connectivity index (χ0) is 19.5. The lowest BCUT2D eigenvalue weighted by Crippen LogP contribution is -2.53. The van der Waals surface area contributed by atoms with Crippen LogP contribution in [-0.4, -0.2) is 60.4 Å². The van der Waals surface area contributed by atoms with Crippen molar-refractivity contribution in [1.82, 2.24) is 9.80 Å². The predicted octanol–water partition coefficient (Wildman–Crippen LogP) is 2.43. The first-order chi connectivity index (χ1) is 13.6. The van der Waals surface area contributed by atoms with Crippen molar-refractivity contribution in [3.05, 3.63) is 59.1 Å². The molecule has 0 bridgehead atoms. The van der Waals surface area contributed by atoms with Crippen LogP contribution in [-0.2, 0) is 16.0 Å². The molecule has 4 rings (SSSR count). The van der Waals surface area contributed by atoms with Gasteiger partial charge < -0.3 is 15.0 Å². The fourth-order valence-corrected chi connectivity index (χ4v) is 3.79. The lowest BCUT2D eigenvalue weighted by atomic mass is 10.1. The highest BCUT2D eigenvalue weighted by atomic mass is 35.5. The third-order valence-electron chi connectivity index (χ3n) is 5.12. The summed E-state index contributed by atoms with van der Waals surface area (Å²) in [5.74, 6) is 0.717. The Bertz CT molecular complexity index is 856. The van der Waals surface area contributed by atoms with Crippen LogP contribution in [0.1, 0.15) is 5.56 Å². The largest absolute Gasteiger partial charge is 0.480 e. The first-order valence-electron chi connectivity index (χ1n) is 9.40. The highest BCUT2D eigenvalue weighted by Gasteiger charge is 2.33. The maximum atomic E-state index is 12.8. The maximum absolute atomic E-state index is 12.8. The molecule has 1 atom stereocenters. The molecular formula is C21H22ClN3O3. The summed E-state index contributed by atoms with van der Waals surface area (Å²) < 4.78 is 5.81. The summed E-state index contributed by atoms with van der Waals surface area (Å²) in [4.78, 5) is 28.9. The van der Waals surface area contributed by atoms with Gasteiger partial charge in [-0.15, -0.1) is 0 Å². The Morgan fingerprint density at radius 2 is 1.75 bits per heavy atom. The van der Waals surface area contributed by atoms with Gasteiger partial charge in [0.05, 0.1) is 17.3 Å². The standard InChI is InChI=1S/C21H22ClN3O3/c22-16-6-2-3-7-17(16)23-20(26)14-24-9-11-25(12-10-24)21(27)19-13-15-5-1-4-8-18(15)28-19/h1-8,19H,9-14H2,(H,23,26). The number of amides is 2. The van der Waals surface area contributed by atoms with Crippen LogP contribution >= 0.6 is 11.6 Å². The van der Waals surface area contributed by atoms with Gasteiger partial charge in [-0.2, -0.15) is 0 Å². The fraction of sp³-hybridized carbons (Fsp3) is 0.333. The number of nitrogens with zero attached hydrogens (tertiary/aromatic N) is 2. The number of nitrogens with one attached hydrogen (secondary N) is 1. The molecule has 28 heavy (non-hydrogen) atoms. The van der Waals surface area contributed by atoms with E-state index in [2.05, 4.69) is 5.32 Å². The molecule has 2 heterocycles. The zero-order valence-corrected chi connectivity index (χ0v) is 16.2. The van der Waals surface area contributed by atoms with E-state index in [-0.39, 0.29) is 18.4 Å². The van der Waals surface area contributed by atoms with Crippen molar-refractivity contribution in [3.8, 4) is 5.75 Å². The second kappa shape index (κ2) is 8.20. The molecule has 1 saturated heterocycles. The summed E-state index contributed by atoms with van der Waals surface area (Å²) in [5, 5.41) is 3.35. The summed E-state index contributed by atoms with van der Waals surface area (Å²) >= 11 is 6.08. The minimum atomic E-state index is -0.438. The molecule has 0 spiro atoms. The van der Waals surface area contributed by atoms with E-state index in [1.54, 1.807) is 12.1 Å². The molecule has 2 amide bonds. The quantitative estimate of drug-likeness (QED) is 0.857. The molecule has 2 aromatic carbocycles. The number of hydrogen-bond acceptors (Lipinski definition) is 4. The van der Waals surface area contributed by atoms with Crippen molar-refractivity contribution in [1.29, 1.82) is 0 Å². The molecule has 0 saturated carbocycles. The normalized spacial score (nSPS) is 19.0. The molecule has 1 fully saturated rings. The number of fused-ring (bicyclic) bond motifs is 1. The van der Waals surface area contributed by atoms with Gasteiger partial charge in [0.2, 0.25) is 5.91 Å². The molecule has 0 aliphatic carbocycles. The van der Waals surface area contributed by atoms with Gasteiger partial charge in [-0.1, -0.05) is 41.9 Å². The Morgan fingerprint density at radius 3 is 2.50 bits per heavy atom. The van der Waals surface area contributed by atoms with Crippen molar-refractivity contribution in [2.45, 2.75) is 12.5 Å². The SMILES string of the molecule is O=C(CN1CCN(C(=O)C2Cc3ccccc3O2)CC1)Nc1ccccc1Cl. The first kappa shape index (κ1) is 18.8. The summed E-state index contributed by atoms with van der Waals surface area (Å²) in [7, 11) is 0. The molecule has 1 N–H and O–H groups in total. The molecule has 146 valence electrons. The van der Waals surface area contributed by atoms with Gasteiger partial charge in [0.15, 0.2) is 6.10 Å². The van der Waals surface area contributed by atoms with E-state index in [9.17, 15) is 9.59 Å². The molecule has 0 radical (unpaired) electrons. The predicted molar refractivity (Wildman–Crippen MR) is 108 cm³/mol. The summed E-state index contributed by atoms with van der Waals surface area (Å²) in [6.45, 7) is 2.77. The maximum Gasteiger partial charge on any atom is 0.264 e. The molecule has 6 nitrogen and oxygen atoms in total. The Labute approximate surface area is 169 Å². The number of anilines is 1. The van der Waals surface area contributed by atoms with E-state index in [4.69, 9.17) is 16.3 Å². The van der Waals surface area contributed by atoms with Gasteiger partial charge in [0.25, 0.3) is 5.91 Å². The fourth-order valence-electron chi connectivity index (χ4n) is 3.61. The lowest BCUT2D eigenvalue weighted by Gasteiger charge is -2.35. The molecule has 2 aliphatic rings. The van der Waals surface area contributed by atoms with Gasteiger partial charge in [-0.05, 0) is 23.8 Å². The summed E-state index contributed by atoms with van der Waals surface area (Å²) in [6.07, 6.45) is 0.183. The van der Waals surface area contributed by atoms with E-state index in [1.165, 1.54) is 0 Å². The lowest BCUT2D eigenvalue weighted by molar-refractivity contribution is -0.139. The third kappa shape index (κ3) is 4.13. The summed E-state index contributed by atoms with van der Waals surface area (Å²) in [5.41, 5.74) is 1.69. The second-order valence-corrected chi connectivity index (χ2v) is 7.45. The summed E-state index contributed by atoms with van der Waals surface area (Å²) in [6, 6.07) is 14.9.